The highest BCUT2D eigenvalue weighted by molar-refractivity contribution is 4.93. The van der Waals surface area contributed by atoms with E-state index in [1.807, 2.05) is 0 Å². The van der Waals surface area contributed by atoms with Gasteiger partial charge in [0.1, 0.15) is 0 Å². The van der Waals surface area contributed by atoms with E-state index in [1.165, 1.54) is 39.0 Å². The van der Waals surface area contributed by atoms with Crippen LogP contribution in [0.2, 0.25) is 0 Å². The molecule has 3 heterocycles. The van der Waals surface area contributed by atoms with Crippen LogP contribution in [0.15, 0.2) is 0 Å². The molecule has 0 radical (unpaired) electrons. The third kappa shape index (κ3) is 2.97. The zero-order chi connectivity index (χ0) is 13.2. The summed E-state index contributed by atoms with van der Waals surface area (Å²) in [6.45, 7) is 12.6. The molecule has 110 valence electrons. The van der Waals surface area contributed by atoms with Gasteiger partial charge in [0.2, 0.25) is 0 Å². The molecule has 0 aromatic heterocycles. The number of nitrogens with zero attached hydrogens (tertiary/aromatic N) is 2. The molecule has 4 nitrogen and oxygen atoms in total. The van der Waals surface area contributed by atoms with Crippen LogP contribution < -0.4 is 5.32 Å². The van der Waals surface area contributed by atoms with E-state index < -0.39 is 0 Å². The van der Waals surface area contributed by atoms with E-state index in [0.717, 1.165) is 25.8 Å². The van der Waals surface area contributed by atoms with Gasteiger partial charge in [0, 0.05) is 43.7 Å². The van der Waals surface area contributed by atoms with Gasteiger partial charge in [-0.05, 0) is 32.9 Å². The Labute approximate surface area is 117 Å². The summed E-state index contributed by atoms with van der Waals surface area (Å²) in [7, 11) is 0. The van der Waals surface area contributed by atoms with Gasteiger partial charge >= 0.3 is 0 Å². The minimum absolute atomic E-state index is 0.568. The second-order valence-corrected chi connectivity index (χ2v) is 6.56. The fraction of sp³-hybridized carbons (Fsp3) is 1.00. The topological polar surface area (TPSA) is 27.7 Å². The molecule has 3 rings (SSSR count). The lowest BCUT2D eigenvalue weighted by Gasteiger charge is -2.43. The van der Waals surface area contributed by atoms with Gasteiger partial charge in [-0.2, -0.15) is 0 Å². The number of ether oxygens (including phenoxy) is 1. The Kier molecular flexibility index (Phi) is 4.42. The molecule has 0 aromatic rings. The summed E-state index contributed by atoms with van der Waals surface area (Å²) in [6.07, 6.45) is 2.80. The molecule has 4 unspecified atom stereocenters. The zero-order valence-electron chi connectivity index (χ0n) is 12.5. The number of fused-ring (bicyclic) bond motifs is 1. The summed E-state index contributed by atoms with van der Waals surface area (Å²) in [5, 5.41) is 3.58. The predicted molar refractivity (Wildman–Crippen MR) is 77.4 cm³/mol. The van der Waals surface area contributed by atoms with Gasteiger partial charge in [-0.25, -0.2) is 0 Å². The molecule has 19 heavy (non-hydrogen) atoms. The highest BCUT2D eigenvalue weighted by Crippen LogP contribution is 2.26. The lowest BCUT2D eigenvalue weighted by Crippen LogP contribution is -2.57. The molecule has 0 amide bonds. The third-order valence-corrected chi connectivity index (χ3v) is 5.20. The van der Waals surface area contributed by atoms with Crippen LogP contribution >= 0.6 is 0 Å². The van der Waals surface area contributed by atoms with Crippen molar-refractivity contribution in [3.63, 3.8) is 0 Å². The molecule has 3 saturated heterocycles. The van der Waals surface area contributed by atoms with Gasteiger partial charge in [-0.15, -0.1) is 0 Å². The van der Waals surface area contributed by atoms with E-state index in [1.54, 1.807) is 0 Å². The number of hydrogen-bond donors (Lipinski definition) is 1. The normalized spacial score (nSPS) is 40.7. The van der Waals surface area contributed by atoms with E-state index >= 15 is 0 Å². The van der Waals surface area contributed by atoms with Crippen molar-refractivity contribution in [1.29, 1.82) is 0 Å². The summed E-state index contributed by atoms with van der Waals surface area (Å²) in [5.74, 6) is 0.676. The highest BCUT2D eigenvalue weighted by atomic mass is 16.5. The molecule has 3 aliphatic rings. The molecule has 0 saturated carbocycles. The molecule has 3 fully saturated rings. The first-order valence-electron chi connectivity index (χ1n) is 8.07. The second kappa shape index (κ2) is 6.08. The zero-order valence-corrected chi connectivity index (χ0v) is 12.5. The number of piperazine rings is 1. The van der Waals surface area contributed by atoms with Crippen molar-refractivity contribution in [2.45, 2.75) is 44.8 Å². The molecule has 1 N–H and O–H groups in total. The smallest absolute Gasteiger partial charge is 0.0623 e. The van der Waals surface area contributed by atoms with E-state index in [2.05, 4.69) is 29.0 Å². The minimum Gasteiger partial charge on any atom is -0.379 e. The quantitative estimate of drug-likeness (QED) is 0.815. The first-order chi connectivity index (χ1) is 9.28. The average molecular weight is 267 g/mol. The average Bonchev–Trinajstić information content (AvgIpc) is 3.00. The standard InChI is InChI=1S/C15H29N3O/c1-3-16-15-11-19-10-13(15)8-18-9-14-5-4-6-17(14)7-12(18)2/h12-16H,3-11H2,1-2H3. The third-order valence-electron chi connectivity index (χ3n) is 5.20. The van der Waals surface area contributed by atoms with Crippen LogP contribution in [0, 0.1) is 5.92 Å². The van der Waals surface area contributed by atoms with Gasteiger partial charge in [0.15, 0.2) is 0 Å². The van der Waals surface area contributed by atoms with Crippen LogP contribution in [0.1, 0.15) is 26.7 Å². The Bertz CT molecular complexity index is 299. The maximum absolute atomic E-state index is 5.69. The van der Waals surface area contributed by atoms with Crippen LogP contribution in [0.4, 0.5) is 0 Å². The predicted octanol–water partition coefficient (Wildman–Crippen LogP) is 0.779. The Morgan fingerprint density at radius 1 is 1.26 bits per heavy atom. The molecule has 0 aliphatic carbocycles. The maximum atomic E-state index is 5.69. The van der Waals surface area contributed by atoms with E-state index in [-0.39, 0.29) is 0 Å². The highest BCUT2D eigenvalue weighted by Gasteiger charge is 2.37. The maximum Gasteiger partial charge on any atom is 0.0623 e. The van der Waals surface area contributed by atoms with Crippen molar-refractivity contribution >= 4 is 0 Å². The van der Waals surface area contributed by atoms with Crippen LogP contribution in [0.5, 0.6) is 0 Å². The molecule has 3 aliphatic heterocycles. The largest absolute Gasteiger partial charge is 0.379 e. The van der Waals surface area contributed by atoms with E-state index in [4.69, 9.17) is 4.74 Å². The summed E-state index contributed by atoms with van der Waals surface area (Å²) in [6, 6.07) is 2.10. The summed E-state index contributed by atoms with van der Waals surface area (Å²) in [4.78, 5) is 5.42. The summed E-state index contributed by atoms with van der Waals surface area (Å²) < 4.78 is 5.69. The first-order valence-corrected chi connectivity index (χ1v) is 8.07. The van der Waals surface area contributed by atoms with Crippen molar-refractivity contribution in [3.8, 4) is 0 Å². The Morgan fingerprint density at radius 2 is 2.16 bits per heavy atom. The van der Waals surface area contributed by atoms with Crippen molar-refractivity contribution in [2.75, 3.05) is 45.9 Å². The SMILES string of the molecule is CCNC1COCC1CN1CC2CCCN2CC1C. The van der Waals surface area contributed by atoms with Crippen LogP contribution in [-0.4, -0.2) is 73.9 Å². The first kappa shape index (κ1) is 13.8. The van der Waals surface area contributed by atoms with Crippen LogP contribution in [-0.2, 0) is 4.74 Å². The van der Waals surface area contributed by atoms with Crippen LogP contribution in [0.25, 0.3) is 0 Å². The van der Waals surface area contributed by atoms with Gasteiger partial charge in [0.25, 0.3) is 0 Å². The van der Waals surface area contributed by atoms with E-state index in [9.17, 15) is 0 Å². The molecule has 4 heteroatoms. The lowest BCUT2D eigenvalue weighted by atomic mass is 10.00. The van der Waals surface area contributed by atoms with Crippen molar-refractivity contribution in [2.24, 2.45) is 5.92 Å². The molecular weight excluding hydrogens is 238 g/mol. The lowest BCUT2D eigenvalue weighted by molar-refractivity contribution is 0.0443. The molecular formula is C15H29N3O. The molecule has 0 aromatic carbocycles. The summed E-state index contributed by atoms with van der Waals surface area (Å²) in [5.41, 5.74) is 0. The number of rotatable bonds is 4. The minimum atomic E-state index is 0.568. The van der Waals surface area contributed by atoms with Gasteiger partial charge in [-0.1, -0.05) is 6.92 Å². The number of likely N-dealkylation sites (N-methyl/N-ethyl adjacent to an activating group) is 1. The van der Waals surface area contributed by atoms with Gasteiger partial charge < -0.3 is 10.1 Å². The number of nitrogens with one attached hydrogen (secondary N) is 1. The Hall–Kier alpha value is -0.160. The van der Waals surface area contributed by atoms with Crippen LogP contribution in [0.3, 0.4) is 0 Å². The summed E-state index contributed by atoms with van der Waals surface area (Å²) >= 11 is 0. The second-order valence-electron chi connectivity index (χ2n) is 6.56. The fourth-order valence-corrected chi connectivity index (χ4v) is 4.07. The van der Waals surface area contributed by atoms with E-state index in [0.29, 0.717) is 18.0 Å². The van der Waals surface area contributed by atoms with Crippen molar-refractivity contribution in [3.05, 3.63) is 0 Å². The van der Waals surface area contributed by atoms with Crippen molar-refractivity contribution in [1.82, 2.24) is 15.1 Å². The van der Waals surface area contributed by atoms with Crippen molar-refractivity contribution < 1.29 is 4.74 Å². The molecule has 0 spiro atoms. The van der Waals surface area contributed by atoms with Gasteiger partial charge in [0.05, 0.1) is 13.2 Å². The van der Waals surface area contributed by atoms with Gasteiger partial charge in [-0.3, -0.25) is 9.80 Å². The molecule has 4 atom stereocenters. The Balaban J connectivity index is 1.56. The fourth-order valence-electron chi connectivity index (χ4n) is 4.07. The monoisotopic (exact) mass is 267 g/mol. The Morgan fingerprint density at radius 3 is 3.00 bits per heavy atom. The molecule has 0 bridgehead atoms. The number of hydrogen-bond acceptors (Lipinski definition) is 4.